The zero-order valence-corrected chi connectivity index (χ0v) is 10.8. The fourth-order valence-electron chi connectivity index (χ4n) is 2.61. The van der Waals surface area contributed by atoms with E-state index in [0.29, 0.717) is 17.1 Å². The van der Waals surface area contributed by atoms with Crippen molar-refractivity contribution in [2.75, 3.05) is 7.11 Å². The molecule has 2 aliphatic rings. The molecule has 1 saturated heterocycles. The number of hydrogen-bond acceptors (Lipinski definition) is 4. The highest BCUT2D eigenvalue weighted by atomic mass is 16.8. The van der Waals surface area contributed by atoms with Gasteiger partial charge in [0.25, 0.3) is 0 Å². The Hall–Kier alpha value is -2.33. The van der Waals surface area contributed by atoms with Gasteiger partial charge < -0.3 is 14.2 Å². The van der Waals surface area contributed by atoms with Crippen molar-refractivity contribution < 1.29 is 19.0 Å². The third-order valence-corrected chi connectivity index (χ3v) is 3.69. The molecule has 2 atom stereocenters. The van der Waals surface area contributed by atoms with E-state index in [-0.39, 0.29) is 11.9 Å². The number of fused-ring (bicyclic) bond motifs is 1. The maximum atomic E-state index is 12.5. The average molecular weight is 268 g/mol. The number of Topliss-reactive ketones (excluding diaryl/α,β-unsaturated/α-hetero) is 1. The second-order valence-electron chi connectivity index (χ2n) is 4.87. The molecule has 2 aromatic carbocycles. The molecule has 4 nitrogen and oxygen atoms in total. The van der Waals surface area contributed by atoms with Crippen molar-refractivity contribution >= 4 is 5.78 Å². The summed E-state index contributed by atoms with van der Waals surface area (Å²) in [5.41, 5.74) is 1.49. The highest BCUT2D eigenvalue weighted by molar-refractivity contribution is 6.08. The lowest BCUT2D eigenvalue weighted by atomic mass is 10.0. The molecule has 4 heteroatoms. The Bertz CT molecular complexity index is 695. The molecule has 0 amide bonds. The van der Waals surface area contributed by atoms with Crippen LogP contribution in [0.1, 0.15) is 22.0 Å². The minimum absolute atomic E-state index is 0.121. The lowest BCUT2D eigenvalue weighted by molar-refractivity contribution is 0.0537. The lowest BCUT2D eigenvalue weighted by Crippen LogP contribution is -2.25. The second kappa shape index (κ2) is 3.84. The molecule has 0 aromatic heterocycles. The Morgan fingerprint density at radius 2 is 1.95 bits per heavy atom. The molecule has 2 heterocycles. The molecule has 1 spiro atoms. The van der Waals surface area contributed by atoms with Crippen molar-refractivity contribution in [3.63, 3.8) is 0 Å². The number of benzene rings is 2. The van der Waals surface area contributed by atoms with Crippen molar-refractivity contribution in [1.82, 2.24) is 0 Å². The molecule has 0 aliphatic carbocycles. The van der Waals surface area contributed by atoms with Crippen LogP contribution in [0.3, 0.4) is 0 Å². The number of rotatable bonds is 2. The summed E-state index contributed by atoms with van der Waals surface area (Å²) in [7, 11) is 1.58. The summed E-state index contributed by atoms with van der Waals surface area (Å²) < 4.78 is 16.5. The van der Waals surface area contributed by atoms with E-state index in [1.54, 1.807) is 25.3 Å². The fourth-order valence-corrected chi connectivity index (χ4v) is 2.61. The van der Waals surface area contributed by atoms with E-state index >= 15 is 0 Å². The van der Waals surface area contributed by atoms with E-state index in [1.807, 2.05) is 30.3 Å². The smallest absolute Gasteiger partial charge is 0.307 e. The van der Waals surface area contributed by atoms with Crippen LogP contribution in [0.5, 0.6) is 11.5 Å². The van der Waals surface area contributed by atoms with Crippen LogP contribution in [0.15, 0.2) is 48.5 Å². The number of carbonyl (C=O) groups excluding carboxylic acids is 1. The third-order valence-electron chi connectivity index (χ3n) is 3.69. The van der Waals surface area contributed by atoms with Gasteiger partial charge in [0.2, 0.25) is 5.78 Å². The third kappa shape index (κ3) is 1.42. The Balaban J connectivity index is 1.70. The summed E-state index contributed by atoms with van der Waals surface area (Å²) in [6, 6.07) is 14.8. The molecule has 2 aliphatic heterocycles. The zero-order chi connectivity index (χ0) is 13.7. The first kappa shape index (κ1) is 11.5. The summed E-state index contributed by atoms with van der Waals surface area (Å²) in [6.07, 6.45) is -0.338. The van der Waals surface area contributed by atoms with Gasteiger partial charge in [0.05, 0.1) is 12.7 Å². The number of ketones is 1. The molecule has 4 rings (SSSR count). The molecule has 0 radical (unpaired) electrons. The molecular formula is C16H12O4. The van der Waals surface area contributed by atoms with Gasteiger partial charge in [0, 0.05) is 6.07 Å². The van der Waals surface area contributed by atoms with Crippen molar-refractivity contribution in [3.8, 4) is 11.5 Å². The van der Waals surface area contributed by atoms with Crippen LogP contribution in [-0.4, -0.2) is 18.7 Å². The van der Waals surface area contributed by atoms with Crippen molar-refractivity contribution in [1.29, 1.82) is 0 Å². The topological polar surface area (TPSA) is 48.1 Å². The van der Waals surface area contributed by atoms with Gasteiger partial charge in [-0.3, -0.25) is 4.79 Å². The Kier molecular flexibility index (Phi) is 2.20. The highest BCUT2D eigenvalue weighted by Crippen LogP contribution is 2.57. The second-order valence-corrected chi connectivity index (χ2v) is 4.87. The highest BCUT2D eigenvalue weighted by Gasteiger charge is 2.69. The van der Waals surface area contributed by atoms with Gasteiger partial charge in [-0.25, -0.2) is 0 Å². The van der Waals surface area contributed by atoms with Crippen molar-refractivity contribution in [2.45, 2.75) is 11.9 Å². The van der Waals surface area contributed by atoms with Gasteiger partial charge in [0.1, 0.15) is 11.5 Å². The molecule has 2 aromatic rings. The Labute approximate surface area is 115 Å². The fraction of sp³-hybridized carbons (Fsp3) is 0.188. The van der Waals surface area contributed by atoms with Gasteiger partial charge in [-0.2, -0.15) is 0 Å². The summed E-state index contributed by atoms with van der Waals surface area (Å²) in [5, 5.41) is 0. The van der Waals surface area contributed by atoms with Gasteiger partial charge in [-0.05, 0) is 17.7 Å². The van der Waals surface area contributed by atoms with Crippen LogP contribution in [-0.2, 0) is 4.74 Å². The molecule has 0 saturated carbocycles. The Morgan fingerprint density at radius 1 is 1.15 bits per heavy atom. The number of epoxide rings is 1. The molecule has 20 heavy (non-hydrogen) atoms. The minimum Gasteiger partial charge on any atom is -0.497 e. The number of methoxy groups -OCH3 is 1. The maximum absolute atomic E-state index is 12.5. The summed E-state index contributed by atoms with van der Waals surface area (Å²) in [4.78, 5) is 12.5. The van der Waals surface area contributed by atoms with Gasteiger partial charge in [-0.1, -0.05) is 30.3 Å². The summed E-state index contributed by atoms with van der Waals surface area (Å²) >= 11 is 0. The van der Waals surface area contributed by atoms with Crippen LogP contribution in [0.2, 0.25) is 0 Å². The first-order chi connectivity index (χ1) is 9.74. The van der Waals surface area contributed by atoms with Crippen LogP contribution in [0.25, 0.3) is 0 Å². The van der Waals surface area contributed by atoms with E-state index in [0.717, 1.165) is 5.56 Å². The van der Waals surface area contributed by atoms with Gasteiger partial charge >= 0.3 is 5.79 Å². The summed E-state index contributed by atoms with van der Waals surface area (Å²) in [6.45, 7) is 0. The molecule has 0 N–H and O–H groups in total. The van der Waals surface area contributed by atoms with Gasteiger partial charge in [-0.15, -0.1) is 0 Å². The van der Waals surface area contributed by atoms with Gasteiger partial charge in [0.15, 0.2) is 6.10 Å². The molecule has 100 valence electrons. The maximum Gasteiger partial charge on any atom is 0.307 e. The molecule has 0 unspecified atom stereocenters. The number of ether oxygens (including phenoxy) is 3. The first-order valence-electron chi connectivity index (χ1n) is 6.39. The number of hydrogen-bond donors (Lipinski definition) is 0. The first-order valence-corrected chi connectivity index (χ1v) is 6.39. The lowest BCUT2D eigenvalue weighted by Gasteiger charge is -2.04. The van der Waals surface area contributed by atoms with Crippen molar-refractivity contribution in [2.24, 2.45) is 0 Å². The SMILES string of the molecule is COc1ccc2c(c1)O[C@]1(O[C@H]1c1ccccc1)C2=O. The predicted octanol–water partition coefficient (Wildman–Crippen LogP) is 2.74. The quantitative estimate of drug-likeness (QED) is 0.786. The molecule has 1 fully saturated rings. The normalized spacial score (nSPS) is 26.2. The largest absolute Gasteiger partial charge is 0.497 e. The Morgan fingerprint density at radius 3 is 2.70 bits per heavy atom. The van der Waals surface area contributed by atoms with E-state index in [2.05, 4.69) is 0 Å². The molecule has 0 bridgehead atoms. The van der Waals surface area contributed by atoms with Crippen LogP contribution >= 0.6 is 0 Å². The molecular weight excluding hydrogens is 256 g/mol. The predicted molar refractivity (Wildman–Crippen MR) is 71.0 cm³/mol. The minimum atomic E-state index is -1.17. The summed E-state index contributed by atoms with van der Waals surface area (Å²) in [5.74, 6) is -0.113. The van der Waals surface area contributed by atoms with E-state index in [1.165, 1.54) is 0 Å². The van der Waals surface area contributed by atoms with E-state index in [4.69, 9.17) is 14.2 Å². The number of carbonyl (C=O) groups is 1. The van der Waals surface area contributed by atoms with Crippen molar-refractivity contribution in [3.05, 3.63) is 59.7 Å². The van der Waals surface area contributed by atoms with Crippen LogP contribution in [0.4, 0.5) is 0 Å². The van der Waals surface area contributed by atoms with Crippen LogP contribution in [0, 0.1) is 0 Å². The average Bonchev–Trinajstić information content (AvgIpc) is 3.15. The van der Waals surface area contributed by atoms with Crippen LogP contribution < -0.4 is 9.47 Å². The zero-order valence-electron chi connectivity index (χ0n) is 10.8. The van der Waals surface area contributed by atoms with E-state index < -0.39 is 5.79 Å². The van der Waals surface area contributed by atoms with E-state index in [9.17, 15) is 4.79 Å². The standard InChI is InChI=1S/C16H12O4/c1-18-11-7-8-12-13(9-11)19-16(14(12)17)15(20-16)10-5-3-2-4-6-10/h2-9,15H,1H3/t15-,16-/m0/s1. The monoisotopic (exact) mass is 268 g/mol.